The summed E-state index contributed by atoms with van der Waals surface area (Å²) >= 11 is 0. The summed E-state index contributed by atoms with van der Waals surface area (Å²) in [5.74, 6) is 0.745. The van der Waals surface area contributed by atoms with Gasteiger partial charge in [0.1, 0.15) is 0 Å². The lowest BCUT2D eigenvalue weighted by molar-refractivity contribution is -0.140. The molecule has 1 aromatic heterocycles. The van der Waals surface area contributed by atoms with E-state index in [0.29, 0.717) is 37.8 Å². The third kappa shape index (κ3) is 6.01. The number of methoxy groups -OCH3 is 2. The van der Waals surface area contributed by atoms with Crippen LogP contribution in [0.15, 0.2) is 71.3 Å². The van der Waals surface area contributed by atoms with E-state index in [1.165, 1.54) is 18.2 Å². The van der Waals surface area contributed by atoms with Gasteiger partial charge in [-0.3, -0.25) is 4.79 Å². The van der Waals surface area contributed by atoms with Crippen molar-refractivity contribution in [3.8, 4) is 34.0 Å². The molecular weight excluding hydrogens is 442 g/mol. The van der Waals surface area contributed by atoms with E-state index in [2.05, 4.69) is 45.3 Å². The summed E-state index contributed by atoms with van der Waals surface area (Å²) in [6, 6.07) is 22.4. The standard InChI is InChI=1S/C28H29N3O4/c1-19-7-4-5-10-24(19)25-12-11-22(16-23(25)18-33-2)28-30-27(31-35-28)21-9-6-8-20(15-21)17-29-14-13-26(32)34-3/h4-12,15-16,29H,13-14,17-18H2,1-3H3. The minimum Gasteiger partial charge on any atom is -0.469 e. The Labute approximate surface area is 205 Å². The Morgan fingerprint density at radius 2 is 1.83 bits per heavy atom. The lowest BCUT2D eigenvalue weighted by atomic mass is 9.94. The molecule has 0 saturated carbocycles. The molecular formula is C28H29N3O4. The molecule has 180 valence electrons. The Bertz CT molecular complexity index is 1300. The van der Waals surface area contributed by atoms with E-state index in [1.807, 2.05) is 48.5 Å². The number of ether oxygens (including phenoxy) is 2. The predicted molar refractivity (Wildman–Crippen MR) is 134 cm³/mol. The van der Waals surface area contributed by atoms with Crippen LogP contribution < -0.4 is 5.32 Å². The average Bonchev–Trinajstić information content (AvgIpc) is 3.38. The molecule has 0 spiro atoms. The Hall–Kier alpha value is -3.81. The lowest BCUT2D eigenvalue weighted by Gasteiger charge is -2.12. The van der Waals surface area contributed by atoms with E-state index in [-0.39, 0.29) is 5.97 Å². The maximum Gasteiger partial charge on any atom is 0.306 e. The van der Waals surface area contributed by atoms with Crippen LogP contribution in [0.4, 0.5) is 0 Å². The molecule has 0 aliphatic heterocycles. The van der Waals surface area contributed by atoms with Crippen LogP contribution in [-0.2, 0) is 27.4 Å². The van der Waals surface area contributed by atoms with Gasteiger partial charge in [0.2, 0.25) is 5.82 Å². The number of hydrogen-bond acceptors (Lipinski definition) is 7. The van der Waals surface area contributed by atoms with Crippen LogP contribution in [0.2, 0.25) is 0 Å². The zero-order valence-corrected chi connectivity index (χ0v) is 20.2. The van der Waals surface area contributed by atoms with E-state index in [4.69, 9.17) is 9.26 Å². The van der Waals surface area contributed by atoms with E-state index in [9.17, 15) is 4.79 Å². The second kappa shape index (κ2) is 11.6. The fraction of sp³-hybridized carbons (Fsp3) is 0.250. The zero-order valence-electron chi connectivity index (χ0n) is 20.2. The average molecular weight is 472 g/mol. The van der Waals surface area contributed by atoms with Gasteiger partial charge < -0.3 is 19.3 Å². The first-order valence-electron chi connectivity index (χ1n) is 11.5. The highest BCUT2D eigenvalue weighted by molar-refractivity contribution is 5.74. The van der Waals surface area contributed by atoms with Crippen LogP contribution in [0.5, 0.6) is 0 Å². The van der Waals surface area contributed by atoms with Gasteiger partial charge in [-0.1, -0.05) is 53.7 Å². The molecule has 0 aliphatic carbocycles. The van der Waals surface area contributed by atoms with Gasteiger partial charge in [-0.05, 0) is 52.9 Å². The summed E-state index contributed by atoms with van der Waals surface area (Å²) in [5, 5.41) is 7.45. The number of carbonyl (C=O) groups excluding carboxylic acids is 1. The minimum absolute atomic E-state index is 0.230. The Morgan fingerprint density at radius 3 is 2.63 bits per heavy atom. The molecule has 1 heterocycles. The number of rotatable bonds is 10. The maximum atomic E-state index is 11.2. The van der Waals surface area contributed by atoms with Crippen molar-refractivity contribution in [2.24, 2.45) is 0 Å². The third-order valence-corrected chi connectivity index (χ3v) is 5.76. The zero-order chi connectivity index (χ0) is 24.6. The molecule has 0 atom stereocenters. The molecule has 7 nitrogen and oxygen atoms in total. The fourth-order valence-corrected chi connectivity index (χ4v) is 3.94. The van der Waals surface area contributed by atoms with Gasteiger partial charge in [0.05, 0.1) is 20.1 Å². The number of nitrogens with zero attached hydrogens (tertiary/aromatic N) is 2. The lowest BCUT2D eigenvalue weighted by Crippen LogP contribution is -2.18. The molecule has 0 bridgehead atoms. The van der Waals surface area contributed by atoms with Crippen molar-refractivity contribution >= 4 is 5.97 Å². The molecule has 3 aromatic carbocycles. The van der Waals surface area contributed by atoms with E-state index >= 15 is 0 Å². The smallest absolute Gasteiger partial charge is 0.306 e. The Morgan fingerprint density at radius 1 is 0.971 bits per heavy atom. The molecule has 0 amide bonds. The largest absolute Gasteiger partial charge is 0.469 e. The number of nitrogens with one attached hydrogen (secondary N) is 1. The first kappa shape index (κ1) is 24.3. The summed E-state index contributed by atoms with van der Waals surface area (Å²) in [6.45, 7) is 3.75. The topological polar surface area (TPSA) is 86.5 Å². The van der Waals surface area contributed by atoms with E-state index in [0.717, 1.165) is 27.8 Å². The van der Waals surface area contributed by atoms with Crippen LogP contribution in [0.3, 0.4) is 0 Å². The molecule has 4 aromatic rings. The monoisotopic (exact) mass is 471 g/mol. The van der Waals surface area contributed by atoms with E-state index in [1.54, 1.807) is 7.11 Å². The van der Waals surface area contributed by atoms with Gasteiger partial charge in [-0.2, -0.15) is 4.98 Å². The second-order valence-corrected chi connectivity index (χ2v) is 8.25. The Kier molecular flexibility index (Phi) is 8.03. The molecule has 0 radical (unpaired) electrons. The number of aromatic nitrogens is 2. The summed E-state index contributed by atoms with van der Waals surface area (Å²) < 4.78 is 15.7. The van der Waals surface area contributed by atoms with Crippen molar-refractivity contribution < 1.29 is 18.8 Å². The van der Waals surface area contributed by atoms with Gasteiger partial charge in [-0.15, -0.1) is 0 Å². The van der Waals surface area contributed by atoms with E-state index < -0.39 is 0 Å². The van der Waals surface area contributed by atoms with Gasteiger partial charge in [0, 0.05) is 31.3 Å². The second-order valence-electron chi connectivity index (χ2n) is 8.25. The first-order chi connectivity index (χ1) is 17.1. The van der Waals surface area contributed by atoms with Crippen molar-refractivity contribution in [2.45, 2.75) is 26.5 Å². The van der Waals surface area contributed by atoms with Crippen molar-refractivity contribution in [3.05, 3.63) is 83.4 Å². The number of aryl methyl sites for hydroxylation is 1. The summed E-state index contributed by atoms with van der Waals surface area (Å²) in [6.07, 6.45) is 0.331. The van der Waals surface area contributed by atoms with Crippen molar-refractivity contribution in [2.75, 3.05) is 20.8 Å². The van der Waals surface area contributed by atoms with Crippen LogP contribution in [-0.4, -0.2) is 36.9 Å². The highest BCUT2D eigenvalue weighted by atomic mass is 16.5. The van der Waals surface area contributed by atoms with Crippen LogP contribution >= 0.6 is 0 Å². The maximum absolute atomic E-state index is 11.2. The van der Waals surface area contributed by atoms with Crippen molar-refractivity contribution in [1.29, 1.82) is 0 Å². The fourth-order valence-electron chi connectivity index (χ4n) is 3.94. The molecule has 0 saturated heterocycles. The highest BCUT2D eigenvalue weighted by Gasteiger charge is 2.15. The minimum atomic E-state index is -0.230. The molecule has 7 heteroatoms. The molecule has 1 N–H and O–H groups in total. The highest BCUT2D eigenvalue weighted by Crippen LogP contribution is 2.31. The predicted octanol–water partition coefficient (Wildman–Crippen LogP) is 5.18. The van der Waals surface area contributed by atoms with Gasteiger partial charge in [0.15, 0.2) is 0 Å². The third-order valence-electron chi connectivity index (χ3n) is 5.76. The number of hydrogen-bond donors (Lipinski definition) is 1. The van der Waals surface area contributed by atoms with Gasteiger partial charge in [0.25, 0.3) is 5.89 Å². The molecule has 4 rings (SSSR count). The first-order valence-corrected chi connectivity index (χ1v) is 11.5. The Balaban J connectivity index is 1.53. The van der Waals surface area contributed by atoms with Crippen molar-refractivity contribution in [3.63, 3.8) is 0 Å². The van der Waals surface area contributed by atoms with Crippen LogP contribution in [0.1, 0.15) is 23.1 Å². The molecule has 0 aliphatic rings. The summed E-state index contributed by atoms with van der Waals surface area (Å²) in [7, 11) is 3.08. The summed E-state index contributed by atoms with van der Waals surface area (Å²) in [5.41, 5.74) is 7.32. The molecule has 0 fully saturated rings. The van der Waals surface area contributed by atoms with Crippen LogP contribution in [0, 0.1) is 6.92 Å². The number of esters is 1. The van der Waals surface area contributed by atoms with Crippen LogP contribution in [0.25, 0.3) is 34.0 Å². The van der Waals surface area contributed by atoms with Gasteiger partial charge in [-0.25, -0.2) is 0 Å². The number of carbonyl (C=O) groups is 1. The molecule has 0 unspecified atom stereocenters. The van der Waals surface area contributed by atoms with Crippen molar-refractivity contribution in [1.82, 2.24) is 15.5 Å². The normalized spacial score (nSPS) is 10.9. The van der Waals surface area contributed by atoms with Gasteiger partial charge >= 0.3 is 5.97 Å². The summed E-state index contributed by atoms with van der Waals surface area (Å²) in [4.78, 5) is 15.9. The molecule has 35 heavy (non-hydrogen) atoms. The number of benzene rings is 3. The quantitative estimate of drug-likeness (QED) is 0.252. The SMILES string of the molecule is COCc1cc(-c2nc(-c3cccc(CNCCC(=O)OC)c3)no2)ccc1-c1ccccc1C.